The van der Waals surface area contributed by atoms with Crippen LogP contribution in [0.1, 0.15) is 40.0 Å². The normalized spacial score (nSPS) is 15.5. The number of amides is 2. The fraction of sp³-hybridized carbons (Fsp3) is 0.240. The van der Waals surface area contributed by atoms with E-state index in [1.54, 1.807) is 30.3 Å². The van der Waals surface area contributed by atoms with Gasteiger partial charge in [0.05, 0.1) is 5.56 Å². The first-order chi connectivity index (χ1) is 16.0. The molecular weight excluding hydrogens is 440 g/mol. The van der Waals surface area contributed by atoms with Crippen molar-refractivity contribution < 1.29 is 24.2 Å². The summed E-state index contributed by atoms with van der Waals surface area (Å²) in [4.78, 5) is 35.8. The Labute approximate surface area is 195 Å². The molecule has 2 amide bonds. The van der Waals surface area contributed by atoms with E-state index in [0.717, 1.165) is 10.1 Å². The molecule has 1 atom stereocenters. The zero-order valence-electron chi connectivity index (χ0n) is 17.9. The number of rotatable bonds is 8. The lowest BCUT2D eigenvalue weighted by Gasteiger charge is -2.22. The first-order valence-corrected chi connectivity index (χ1v) is 11.6. The fourth-order valence-electron chi connectivity index (χ4n) is 3.69. The SMILES string of the molecule is O=C(O)C1=CC[C@@H](Oc2ccc(C(=O)NCCNC(=O)c3csc4ccccc34)cc2)CC1. The molecule has 0 saturated carbocycles. The highest BCUT2D eigenvalue weighted by molar-refractivity contribution is 7.17. The van der Waals surface area contributed by atoms with Crippen molar-refractivity contribution in [2.24, 2.45) is 0 Å². The van der Waals surface area contributed by atoms with Crippen molar-refractivity contribution >= 4 is 39.2 Å². The average molecular weight is 465 g/mol. The van der Waals surface area contributed by atoms with Crippen LogP contribution < -0.4 is 15.4 Å². The lowest BCUT2D eigenvalue weighted by molar-refractivity contribution is -0.133. The lowest BCUT2D eigenvalue weighted by atomic mass is 9.97. The topological polar surface area (TPSA) is 105 Å². The summed E-state index contributed by atoms with van der Waals surface area (Å²) in [6.07, 6.45) is 3.32. The van der Waals surface area contributed by atoms with E-state index in [0.29, 0.717) is 54.8 Å². The molecule has 170 valence electrons. The van der Waals surface area contributed by atoms with Crippen LogP contribution in [0.4, 0.5) is 0 Å². The number of aliphatic carboxylic acids is 1. The Morgan fingerprint density at radius 1 is 1.00 bits per heavy atom. The fourth-order valence-corrected chi connectivity index (χ4v) is 4.63. The molecule has 8 heteroatoms. The first-order valence-electron chi connectivity index (χ1n) is 10.7. The van der Waals surface area contributed by atoms with Gasteiger partial charge in [-0.3, -0.25) is 9.59 Å². The van der Waals surface area contributed by atoms with Gasteiger partial charge in [-0.05, 0) is 43.2 Å². The molecule has 4 rings (SSSR count). The van der Waals surface area contributed by atoms with Crippen LogP contribution in [0, 0.1) is 0 Å². The van der Waals surface area contributed by atoms with Gasteiger partial charge in [-0.2, -0.15) is 0 Å². The summed E-state index contributed by atoms with van der Waals surface area (Å²) >= 11 is 1.53. The highest BCUT2D eigenvalue weighted by atomic mass is 32.1. The van der Waals surface area contributed by atoms with Gasteiger partial charge in [-0.1, -0.05) is 24.3 Å². The van der Waals surface area contributed by atoms with Crippen molar-refractivity contribution in [3.8, 4) is 5.75 Å². The summed E-state index contributed by atoms with van der Waals surface area (Å²) in [5.74, 6) is -0.623. The molecule has 3 N–H and O–H groups in total. The summed E-state index contributed by atoms with van der Waals surface area (Å²) < 4.78 is 6.96. The second-order valence-electron chi connectivity index (χ2n) is 7.73. The smallest absolute Gasteiger partial charge is 0.331 e. The van der Waals surface area contributed by atoms with Crippen molar-refractivity contribution in [1.29, 1.82) is 0 Å². The van der Waals surface area contributed by atoms with Gasteiger partial charge in [0.25, 0.3) is 11.8 Å². The number of benzene rings is 2. The third-order valence-electron chi connectivity index (χ3n) is 5.48. The molecule has 1 aliphatic carbocycles. The number of hydrogen-bond donors (Lipinski definition) is 3. The third-order valence-corrected chi connectivity index (χ3v) is 6.44. The predicted molar refractivity (Wildman–Crippen MR) is 127 cm³/mol. The summed E-state index contributed by atoms with van der Waals surface area (Å²) in [5, 5.41) is 17.4. The molecule has 1 aromatic heterocycles. The van der Waals surface area contributed by atoms with Gasteiger partial charge in [0.15, 0.2) is 0 Å². The van der Waals surface area contributed by atoms with E-state index in [9.17, 15) is 14.4 Å². The minimum absolute atomic E-state index is 0.0725. The van der Waals surface area contributed by atoms with Gasteiger partial charge in [0.2, 0.25) is 0 Å². The Balaban J connectivity index is 1.21. The molecule has 0 fully saturated rings. The largest absolute Gasteiger partial charge is 0.490 e. The van der Waals surface area contributed by atoms with E-state index in [2.05, 4.69) is 10.6 Å². The average Bonchev–Trinajstić information content (AvgIpc) is 3.27. The minimum Gasteiger partial charge on any atom is -0.490 e. The van der Waals surface area contributed by atoms with Crippen LogP contribution >= 0.6 is 11.3 Å². The van der Waals surface area contributed by atoms with E-state index in [-0.39, 0.29) is 17.9 Å². The number of fused-ring (bicyclic) bond motifs is 1. The molecule has 3 aromatic rings. The van der Waals surface area contributed by atoms with Gasteiger partial charge in [0.1, 0.15) is 11.9 Å². The van der Waals surface area contributed by atoms with Gasteiger partial charge >= 0.3 is 5.97 Å². The highest BCUT2D eigenvalue weighted by Crippen LogP contribution is 2.25. The summed E-state index contributed by atoms with van der Waals surface area (Å²) in [6, 6.07) is 14.6. The summed E-state index contributed by atoms with van der Waals surface area (Å²) in [7, 11) is 0. The van der Waals surface area contributed by atoms with Crippen LogP contribution in [-0.4, -0.2) is 42.1 Å². The third kappa shape index (κ3) is 5.59. The van der Waals surface area contributed by atoms with Crippen molar-refractivity contribution in [1.82, 2.24) is 10.6 Å². The number of hydrogen-bond acceptors (Lipinski definition) is 5. The van der Waals surface area contributed by atoms with Crippen LogP contribution in [0.5, 0.6) is 5.75 Å². The molecule has 33 heavy (non-hydrogen) atoms. The molecular formula is C25H24N2O5S. The van der Waals surface area contributed by atoms with E-state index in [1.807, 2.05) is 29.6 Å². The number of thiophene rings is 1. The molecule has 0 bridgehead atoms. The van der Waals surface area contributed by atoms with Gasteiger partial charge < -0.3 is 20.5 Å². The summed E-state index contributed by atoms with van der Waals surface area (Å²) in [5.41, 5.74) is 1.57. The van der Waals surface area contributed by atoms with Crippen molar-refractivity contribution in [2.45, 2.75) is 25.4 Å². The molecule has 0 saturated heterocycles. The molecule has 2 aromatic carbocycles. The van der Waals surface area contributed by atoms with Gasteiger partial charge in [-0.25, -0.2) is 4.79 Å². The van der Waals surface area contributed by atoms with E-state index < -0.39 is 5.97 Å². The minimum atomic E-state index is -0.872. The van der Waals surface area contributed by atoms with Gasteiger partial charge in [-0.15, -0.1) is 11.3 Å². The molecule has 7 nitrogen and oxygen atoms in total. The summed E-state index contributed by atoms with van der Waals surface area (Å²) in [6.45, 7) is 0.634. The zero-order chi connectivity index (χ0) is 23.2. The number of carbonyl (C=O) groups is 3. The van der Waals surface area contributed by atoms with E-state index in [4.69, 9.17) is 9.84 Å². The molecule has 0 spiro atoms. The quantitative estimate of drug-likeness (QED) is 0.437. The molecule has 0 aliphatic heterocycles. The van der Waals surface area contributed by atoms with Crippen molar-refractivity contribution in [3.05, 3.63) is 76.7 Å². The van der Waals surface area contributed by atoms with Crippen molar-refractivity contribution in [3.63, 3.8) is 0 Å². The molecule has 0 unspecified atom stereocenters. The van der Waals surface area contributed by atoms with E-state index in [1.165, 1.54) is 11.3 Å². The van der Waals surface area contributed by atoms with Crippen LogP contribution in [0.3, 0.4) is 0 Å². The van der Waals surface area contributed by atoms with Gasteiger partial charge in [0, 0.05) is 46.1 Å². The Morgan fingerprint density at radius 2 is 1.73 bits per heavy atom. The van der Waals surface area contributed by atoms with Crippen LogP contribution in [0.25, 0.3) is 10.1 Å². The number of ether oxygens (including phenoxy) is 1. The number of carboxylic acid groups (broad SMARTS) is 1. The number of carboxylic acids is 1. The maximum absolute atomic E-state index is 12.4. The number of nitrogens with one attached hydrogen (secondary N) is 2. The Hall–Kier alpha value is -3.65. The Bertz CT molecular complexity index is 1200. The molecule has 0 radical (unpaired) electrons. The first kappa shape index (κ1) is 22.5. The second-order valence-corrected chi connectivity index (χ2v) is 8.64. The van der Waals surface area contributed by atoms with Crippen molar-refractivity contribution in [2.75, 3.05) is 13.1 Å². The van der Waals surface area contributed by atoms with Crippen LogP contribution in [0.15, 0.2) is 65.6 Å². The van der Waals surface area contributed by atoms with Crippen LogP contribution in [0.2, 0.25) is 0 Å². The Kier molecular flexibility index (Phi) is 7.04. The molecule has 1 aliphatic rings. The Morgan fingerprint density at radius 3 is 2.42 bits per heavy atom. The van der Waals surface area contributed by atoms with Crippen LogP contribution in [-0.2, 0) is 4.79 Å². The highest BCUT2D eigenvalue weighted by Gasteiger charge is 2.19. The van der Waals surface area contributed by atoms with E-state index >= 15 is 0 Å². The maximum Gasteiger partial charge on any atom is 0.331 e. The second kappa shape index (κ2) is 10.3. The maximum atomic E-state index is 12.4. The molecule has 1 heterocycles. The standard InChI is InChI=1S/C25H24N2O5S/c28-23(26-13-14-27-24(29)21-15-33-22-4-2-1-3-20(21)22)16-5-9-18(10-6-16)32-19-11-7-17(8-12-19)25(30)31/h1-7,9-10,15,19H,8,11-14H2,(H,26,28)(H,27,29)(H,30,31)/t19-/m1/s1. The predicted octanol–water partition coefficient (Wildman–Crippen LogP) is 4.00. The monoisotopic (exact) mass is 464 g/mol. The zero-order valence-corrected chi connectivity index (χ0v) is 18.7. The number of carbonyl (C=O) groups excluding carboxylic acids is 2. The lowest BCUT2D eigenvalue weighted by Crippen LogP contribution is -2.34.